The lowest BCUT2D eigenvalue weighted by atomic mass is 9.97. The molecule has 162 valence electrons. The molecular formula is C21H27N3O5S. The predicted molar refractivity (Wildman–Crippen MR) is 111 cm³/mol. The lowest BCUT2D eigenvalue weighted by Crippen LogP contribution is -2.51. The summed E-state index contributed by atoms with van der Waals surface area (Å²) < 4.78 is 33.2. The topological polar surface area (TPSA) is 118 Å². The van der Waals surface area contributed by atoms with E-state index >= 15 is 0 Å². The third kappa shape index (κ3) is 5.85. The van der Waals surface area contributed by atoms with Crippen molar-refractivity contribution in [2.75, 3.05) is 13.2 Å². The molecule has 1 saturated heterocycles. The van der Waals surface area contributed by atoms with Gasteiger partial charge in [-0.25, -0.2) is 13.1 Å². The molecule has 2 heterocycles. The van der Waals surface area contributed by atoms with E-state index in [-0.39, 0.29) is 36.1 Å². The number of nitrogens with one attached hydrogen (secondary N) is 2. The van der Waals surface area contributed by atoms with Crippen LogP contribution in [0.4, 0.5) is 0 Å². The molecule has 1 aromatic heterocycles. The first-order valence-electron chi connectivity index (χ1n) is 9.92. The van der Waals surface area contributed by atoms with Crippen LogP contribution in [-0.2, 0) is 14.8 Å². The van der Waals surface area contributed by atoms with Gasteiger partial charge in [-0.3, -0.25) is 9.78 Å². The van der Waals surface area contributed by atoms with E-state index in [1.165, 1.54) is 6.20 Å². The van der Waals surface area contributed by atoms with Crippen molar-refractivity contribution >= 4 is 15.9 Å². The number of hydrogen-bond acceptors (Lipinski definition) is 6. The molecule has 1 aliphatic heterocycles. The van der Waals surface area contributed by atoms with Crippen LogP contribution in [0.5, 0.6) is 0 Å². The molecule has 8 nitrogen and oxygen atoms in total. The van der Waals surface area contributed by atoms with Gasteiger partial charge in [0.25, 0.3) is 5.91 Å². The number of pyridine rings is 1. The number of benzene rings is 1. The number of sulfonamides is 1. The molecule has 1 amide bonds. The molecule has 0 radical (unpaired) electrons. The fourth-order valence-electron chi connectivity index (χ4n) is 3.41. The quantitative estimate of drug-likeness (QED) is 0.579. The van der Waals surface area contributed by atoms with Crippen molar-refractivity contribution in [3.8, 4) is 0 Å². The summed E-state index contributed by atoms with van der Waals surface area (Å²) in [4.78, 5) is 16.5. The number of amides is 1. The number of aryl methyl sites for hydroxylation is 1. The SMILES string of the molecule is Cc1ccc(S(=O)(=O)NCC[C@@H]2CC[C@H](NC(=O)c3cccnc3)[C@@H](CO)O2)cc1. The minimum absolute atomic E-state index is 0.200. The van der Waals surface area contributed by atoms with Crippen LogP contribution < -0.4 is 10.0 Å². The summed E-state index contributed by atoms with van der Waals surface area (Å²) in [6.07, 6.45) is 4.09. The van der Waals surface area contributed by atoms with Gasteiger partial charge in [-0.1, -0.05) is 17.7 Å². The van der Waals surface area contributed by atoms with Crippen LogP contribution in [0.25, 0.3) is 0 Å². The van der Waals surface area contributed by atoms with Gasteiger partial charge in [0.05, 0.1) is 29.2 Å². The number of aliphatic hydroxyl groups is 1. The molecule has 3 rings (SSSR count). The van der Waals surface area contributed by atoms with Gasteiger partial charge in [-0.15, -0.1) is 0 Å². The van der Waals surface area contributed by atoms with Gasteiger partial charge in [-0.05, 0) is 50.5 Å². The van der Waals surface area contributed by atoms with Gasteiger partial charge in [0, 0.05) is 18.9 Å². The lowest BCUT2D eigenvalue weighted by Gasteiger charge is -2.36. The predicted octanol–water partition coefficient (Wildman–Crippen LogP) is 1.40. The number of hydrogen-bond donors (Lipinski definition) is 3. The summed E-state index contributed by atoms with van der Waals surface area (Å²) in [5, 5.41) is 12.6. The second kappa shape index (κ2) is 10.1. The molecule has 0 spiro atoms. The second-order valence-electron chi connectivity index (χ2n) is 7.38. The number of carbonyl (C=O) groups is 1. The molecule has 9 heteroatoms. The Kier molecular flexibility index (Phi) is 7.54. The van der Waals surface area contributed by atoms with E-state index in [2.05, 4.69) is 15.0 Å². The fraction of sp³-hybridized carbons (Fsp3) is 0.429. The Labute approximate surface area is 176 Å². The molecule has 2 aromatic rings. The average Bonchev–Trinajstić information content (AvgIpc) is 2.75. The van der Waals surface area contributed by atoms with Crippen molar-refractivity contribution in [1.82, 2.24) is 15.0 Å². The number of aliphatic hydroxyl groups excluding tert-OH is 1. The average molecular weight is 434 g/mol. The Morgan fingerprint density at radius 1 is 1.23 bits per heavy atom. The third-order valence-electron chi connectivity index (χ3n) is 5.13. The van der Waals surface area contributed by atoms with E-state index < -0.39 is 16.1 Å². The monoisotopic (exact) mass is 433 g/mol. The Morgan fingerprint density at radius 2 is 2.00 bits per heavy atom. The van der Waals surface area contributed by atoms with E-state index in [1.54, 1.807) is 42.6 Å². The minimum Gasteiger partial charge on any atom is -0.394 e. The smallest absolute Gasteiger partial charge is 0.253 e. The standard InChI is InChI=1S/C21H27N3O5S/c1-15-4-7-18(8-5-15)30(27,28)23-12-10-17-6-9-19(20(14-25)29-17)24-21(26)16-3-2-11-22-13-16/h2-5,7-8,11,13,17,19-20,23,25H,6,9-10,12,14H2,1H3,(H,24,26)/t17-,19-,20+/m0/s1. The maximum Gasteiger partial charge on any atom is 0.253 e. The number of rotatable bonds is 8. The van der Waals surface area contributed by atoms with E-state index in [0.29, 0.717) is 24.8 Å². The number of aromatic nitrogens is 1. The molecule has 0 saturated carbocycles. The Balaban J connectivity index is 1.49. The highest BCUT2D eigenvalue weighted by molar-refractivity contribution is 7.89. The first kappa shape index (κ1) is 22.4. The summed E-state index contributed by atoms with van der Waals surface area (Å²) in [5.74, 6) is -0.264. The molecular weight excluding hydrogens is 406 g/mol. The molecule has 1 aromatic carbocycles. The van der Waals surface area contributed by atoms with Gasteiger partial charge in [0.1, 0.15) is 6.10 Å². The molecule has 3 atom stereocenters. The van der Waals surface area contributed by atoms with Crippen LogP contribution in [-0.4, -0.2) is 55.8 Å². The fourth-order valence-corrected chi connectivity index (χ4v) is 4.46. The van der Waals surface area contributed by atoms with Gasteiger partial charge < -0.3 is 15.2 Å². The Hall–Kier alpha value is -2.33. The summed E-state index contributed by atoms with van der Waals surface area (Å²) >= 11 is 0. The van der Waals surface area contributed by atoms with E-state index in [4.69, 9.17) is 4.74 Å². The highest BCUT2D eigenvalue weighted by Gasteiger charge is 2.32. The Morgan fingerprint density at radius 3 is 2.67 bits per heavy atom. The molecule has 3 N–H and O–H groups in total. The molecule has 1 aliphatic rings. The molecule has 0 aliphatic carbocycles. The maximum absolute atomic E-state index is 12.4. The highest BCUT2D eigenvalue weighted by atomic mass is 32.2. The van der Waals surface area contributed by atoms with Crippen LogP contribution in [0.15, 0.2) is 53.7 Å². The van der Waals surface area contributed by atoms with Crippen LogP contribution in [0.2, 0.25) is 0 Å². The lowest BCUT2D eigenvalue weighted by molar-refractivity contribution is -0.0891. The van der Waals surface area contributed by atoms with Crippen molar-refractivity contribution in [3.05, 3.63) is 59.9 Å². The van der Waals surface area contributed by atoms with E-state index in [1.807, 2.05) is 6.92 Å². The highest BCUT2D eigenvalue weighted by Crippen LogP contribution is 2.22. The zero-order valence-corrected chi connectivity index (χ0v) is 17.6. The van der Waals surface area contributed by atoms with Gasteiger partial charge in [-0.2, -0.15) is 0 Å². The van der Waals surface area contributed by atoms with Gasteiger partial charge in [0.15, 0.2) is 0 Å². The van der Waals surface area contributed by atoms with Crippen LogP contribution in [0, 0.1) is 6.92 Å². The molecule has 1 fully saturated rings. The molecule has 0 unspecified atom stereocenters. The second-order valence-corrected chi connectivity index (χ2v) is 9.14. The summed E-state index contributed by atoms with van der Waals surface area (Å²) in [7, 11) is -3.57. The zero-order valence-electron chi connectivity index (χ0n) is 16.8. The third-order valence-corrected chi connectivity index (χ3v) is 6.60. The summed E-state index contributed by atoms with van der Waals surface area (Å²) in [5.41, 5.74) is 1.44. The normalized spacial score (nSPS) is 21.9. The summed E-state index contributed by atoms with van der Waals surface area (Å²) in [6, 6.07) is 9.70. The summed E-state index contributed by atoms with van der Waals surface area (Å²) in [6.45, 7) is 1.89. The van der Waals surface area contributed by atoms with Gasteiger partial charge in [0.2, 0.25) is 10.0 Å². The van der Waals surface area contributed by atoms with Crippen molar-refractivity contribution in [3.63, 3.8) is 0 Å². The first-order chi connectivity index (χ1) is 14.4. The van der Waals surface area contributed by atoms with Crippen molar-refractivity contribution in [2.45, 2.75) is 49.3 Å². The van der Waals surface area contributed by atoms with Crippen LogP contribution in [0.3, 0.4) is 0 Å². The van der Waals surface area contributed by atoms with Crippen molar-refractivity contribution in [1.29, 1.82) is 0 Å². The van der Waals surface area contributed by atoms with Crippen molar-refractivity contribution in [2.24, 2.45) is 0 Å². The van der Waals surface area contributed by atoms with E-state index in [0.717, 1.165) is 5.56 Å². The molecule has 0 bridgehead atoms. The zero-order chi connectivity index (χ0) is 21.6. The number of nitrogens with zero attached hydrogens (tertiary/aromatic N) is 1. The van der Waals surface area contributed by atoms with Crippen molar-refractivity contribution < 1.29 is 23.1 Å². The number of ether oxygens (including phenoxy) is 1. The molecule has 30 heavy (non-hydrogen) atoms. The van der Waals surface area contributed by atoms with E-state index in [9.17, 15) is 18.3 Å². The Bertz CT molecular complexity index is 935. The number of carbonyl (C=O) groups excluding carboxylic acids is 1. The largest absolute Gasteiger partial charge is 0.394 e. The maximum atomic E-state index is 12.4. The van der Waals surface area contributed by atoms with Crippen LogP contribution in [0.1, 0.15) is 35.2 Å². The minimum atomic E-state index is -3.57. The van der Waals surface area contributed by atoms with Gasteiger partial charge >= 0.3 is 0 Å². The first-order valence-corrected chi connectivity index (χ1v) is 11.4. The van der Waals surface area contributed by atoms with Crippen LogP contribution >= 0.6 is 0 Å².